The molecule has 0 atom stereocenters. The maximum atomic E-state index is 13.3. The Bertz CT molecular complexity index is 492. The number of ether oxygens (including phenoxy) is 3. The van der Waals surface area contributed by atoms with E-state index in [0.29, 0.717) is 0 Å². The molecule has 0 fully saturated rings. The summed E-state index contributed by atoms with van der Waals surface area (Å²) in [5, 5.41) is 0. The van der Waals surface area contributed by atoms with Crippen LogP contribution in [0.3, 0.4) is 0 Å². The van der Waals surface area contributed by atoms with Crippen LogP contribution in [-0.4, -0.2) is 39.5 Å². The first-order chi connectivity index (χ1) is 9.91. The molecule has 4 nitrogen and oxygen atoms in total. The van der Waals surface area contributed by atoms with E-state index < -0.39 is 47.2 Å². The van der Waals surface area contributed by atoms with Gasteiger partial charge in [-0.05, 0) is 0 Å². The van der Waals surface area contributed by atoms with Gasteiger partial charge in [0.1, 0.15) is 12.2 Å². The van der Waals surface area contributed by atoms with E-state index in [0.717, 1.165) is 0 Å². The molecule has 0 saturated carbocycles. The molecular weight excluding hydrogens is 303 g/mol. The highest BCUT2D eigenvalue weighted by Crippen LogP contribution is 2.23. The molecule has 0 radical (unpaired) electrons. The van der Waals surface area contributed by atoms with Gasteiger partial charge in [0.15, 0.2) is 23.3 Å². The van der Waals surface area contributed by atoms with E-state index in [1.54, 1.807) is 0 Å². The first-order valence-electron chi connectivity index (χ1n) is 5.67. The van der Waals surface area contributed by atoms with Crippen molar-refractivity contribution < 1.29 is 41.0 Å². The third kappa shape index (κ3) is 4.11. The molecule has 1 aromatic carbocycles. The molecule has 0 spiro atoms. The fourth-order valence-corrected chi connectivity index (χ4v) is 1.29. The van der Waals surface area contributed by atoms with Crippen LogP contribution in [0.4, 0.5) is 22.0 Å². The highest BCUT2D eigenvalue weighted by Gasteiger charge is 2.30. The molecule has 0 amide bonds. The Hall–Kier alpha value is -1.74. The van der Waals surface area contributed by atoms with Gasteiger partial charge < -0.3 is 14.2 Å². The fourth-order valence-electron chi connectivity index (χ4n) is 1.29. The van der Waals surface area contributed by atoms with E-state index in [4.69, 9.17) is 4.74 Å². The van der Waals surface area contributed by atoms with Gasteiger partial charge in [0, 0.05) is 7.11 Å². The molecule has 21 heavy (non-hydrogen) atoms. The molecule has 0 aliphatic carbocycles. The number of carbonyl (C=O) groups excluding carboxylic acids is 1. The molecule has 0 saturated heterocycles. The number of esters is 1. The Morgan fingerprint density at radius 3 is 1.81 bits per heavy atom. The molecule has 0 bridgehead atoms. The summed E-state index contributed by atoms with van der Waals surface area (Å²) >= 11 is 0. The van der Waals surface area contributed by atoms with Crippen molar-refractivity contribution in [2.45, 2.75) is 0 Å². The number of hydrogen-bond acceptors (Lipinski definition) is 4. The average molecular weight is 314 g/mol. The van der Waals surface area contributed by atoms with Crippen LogP contribution in [0, 0.1) is 29.1 Å². The first kappa shape index (κ1) is 17.3. The number of rotatable bonds is 7. The van der Waals surface area contributed by atoms with Crippen LogP contribution in [0.5, 0.6) is 0 Å². The molecule has 9 heteroatoms. The zero-order valence-electron chi connectivity index (χ0n) is 10.9. The summed E-state index contributed by atoms with van der Waals surface area (Å²) in [7, 11) is 1.44. The molecule has 0 heterocycles. The van der Waals surface area contributed by atoms with Crippen LogP contribution in [0.2, 0.25) is 0 Å². The SMILES string of the molecule is COCCOCCOC(=O)c1c(F)c(F)c(F)c(F)c1F. The minimum Gasteiger partial charge on any atom is -0.459 e. The number of carbonyl (C=O) groups is 1. The highest BCUT2D eigenvalue weighted by atomic mass is 19.2. The Morgan fingerprint density at radius 1 is 0.810 bits per heavy atom. The second-order valence-corrected chi connectivity index (χ2v) is 3.69. The number of benzene rings is 1. The average Bonchev–Trinajstić information content (AvgIpc) is 2.47. The lowest BCUT2D eigenvalue weighted by atomic mass is 10.1. The van der Waals surface area contributed by atoms with Crippen molar-refractivity contribution in [3.05, 3.63) is 34.6 Å². The normalized spacial score (nSPS) is 10.8. The van der Waals surface area contributed by atoms with Crippen molar-refractivity contribution in [1.82, 2.24) is 0 Å². The topological polar surface area (TPSA) is 44.8 Å². The zero-order valence-corrected chi connectivity index (χ0v) is 10.9. The molecule has 1 aromatic rings. The summed E-state index contributed by atoms with van der Waals surface area (Å²) < 4.78 is 79.0. The van der Waals surface area contributed by atoms with E-state index in [2.05, 4.69) is 9.47 Å². The third-order valence-electron chi connectivity index (χ3n) is 2.31. The maximum absolute atomic E-state index is 13.3. The molecule has 0 unspecified atom stereocenters. The van der Waals surface area contributed by atoms with Crippen LogP contribution in [0.15, 0.2) is 0 Å². The Labute approximate surface area is 116 Å². The number of hydrogen-bond donors (Lipinski definition) is 0. The summed E-state index contributed by atoms with van der Waals surface area (Å²) in [6, 6.07) is 0. The van der Waals surface area contributed by atoms with Crippen LogP contribution >= 0.6 is 0 Å². The number of halogens is 5. The second kappa shape index (κ2) is 7.89. The first-order valence-corrected chi connectivity index (χ1v) is 5.67. The van der Waals surface area contributed by atoms with Crippen molar-refractivity contribution in [2.75, 3.05) is 33.5 Å². The van der Waals surface area contributed by atoms with E-state index in [1.807, 2.05) is 0 Å². The molecule has 0 aliphatic heterocycles. The maximum Gasteiger partial charge on any atom is 0.344 e. The summed E-state index contributed by atoms with van der Waals surface area (Å²) in [5.74, 6) is -12.9. The van der Waals surface area contributed by atoms with E-state index in [-0.39, 0.29) is 19.8 Å². The Kier molecular flexibility index (Phi) is 6.50. The summed E-state index contributed by atoms with van der Waals surface area (Å²) in [6.45, 7) is -0.0608. The minimum absolute atomic E-state index is 0.121. The zero-order chi connectivity index (χ0) is 16.0. The van der Waals surface area contributed by atoms with Crippen molar-refractivity contribution in [2.24, 2.45) is 0 Å². The highest BCUT2D eigenvalue weighted by molar-refractivity contribution is 5.90. The molecule has 0 N–H and O–H groups in total. The number of methoxy groups -OCH3 is 1. The van der Waals surface area contributed by atoms with Gasteiger partial charge in [-0.3, -0.25) is 0 Å². The lowest BCUT2D eigenvalue weighted by Crippen LogP contribution is -2.17. The monoisotopic (exact) mass is 314 g/mol. The summed E-state index contributed by atoms with van der Waals surface area (Å²) in [4.78, 5) is 11.4. The van der Waals surface area contributed by atoms with Crippen LogP contribution in [0.1, 0.15) is 10.4 Å². The van der Waals surface area contributed by atoms with Crippen molar-refractivity contribution in [3.8, 4) is 0 Å². The summed E-state index contributed by atoms with van der Waals surface area (Å²) in [5.41, 5.74) is -1.64. The van der Waals surface area contributed by atoms with Gasteiger partial charge in [0.2, 0.25) is 5.82 Å². The van der Waals surface area contributed by atoms with Crippen molar-refractivity contribution >= 4 is 5.97 Å². The lowest BCUT2D eigenvalue weighted by Gasteiger charge is -2.09. The van der Waals surface area contributed by atoms with Crippen LogP contribution in [-0.2, 0) is 14.2 Å². The van der Waals surface area contributed by atoms with Crippen LogP contribution < -0.4 is 0 Å². The standard InChI is InChI=1S/C12H11F5O4/c1-19-2-3-20-4-5-21-12(18)6-7(13)9(15)11(17)10(16)8(6)14/h2-5H2,1H3. The van der Waals surface area contributed by atoms with Crippen molar-refractivity contribution in [3.63, 3.8) is 0 Å². The van der Waals surface area contributed by atoms with E-state index in [9.17, 15) is 26.7 Å². The molecule has 1 rings (SSSR count). The lowest BCUT2D eigenvalue weighted by molar-refractivity contribution is 0.0205. The van der Waals surface area contributed by atoms with E-state index >= 15 is 0 Å². The predicted molar refractivity (Wildman–Crippen MR) is 59.2 cm³/mol. The molecular formula is C12H11F5O4. The van der Waals surface area contributed by atoms with E-state index in [1.165, 1.54) is 7.11 Å². The Balaban J connectivity index is 2.71. The van der Waals surface area contributed by atoms with Crippen LogP contribution in [0.25, 0.3) is 0 Å². The van der Waals surface area contributed by atoms with Gasteiger partial charge in [-0.2, -0.15) is 0 Å². The van der Waals surface area contributed by atoms with Gasteiger partial charge >= 0.3 is 5.97 Å². The van der Waals surface area contributed by atoms with Gasteiger partial charge in [0.25, 0.3) is 0 Å². The quantitative estimate of drug-likeness (QED) is 0.254. The predicted octanol–water partition coefficient (Wildman–Crippen LogP) is 2.20. The fraction of sp³-hybridized carbons (Fsp3) is 0.417. The third-order valence-corrected chi connectivity index (χ3v) is 2.31. The summed E-state index contributed by atoms with van der Waals surface area (Å²) in [6.07, 6.45) is 0. The molecule has 118 valence electrons. The van der Waals surface area contributed by atoms with Gasteiger partial charge in [-0.1, -0.05) is 0 Å². The van der Waals surface area contributed by atoms with Gasteiger partial charge in [-0.25, -0.2) is 26.7 Å². The molecule has 0 aromatic heterocycles. The van der Waals surface area contributed by atoms with Gasteiger partial charge in [0.05, 0.1) is 19.8 Å². The Morgan fingerprint density at radius 2 is 1.29 bits per heavy atom. The second-order valence-electron chi connectivity index (χ2n) is 3.69. The molecule has 0 aliphatic rings. The largest absolute Gasteiger partial charge is 0.459 e. The van der Waals surface area contributed by atoms with Gasteiger partial charge in [-0.15, -0.1) is 0 Å². The van der Waals surface area contributed by atoms with Crippen molar-refractivity contribution in [1.29, 1.82) is 0 Å². The minimum atomic E-state index is -2.34. The smallest absolute Gasteiger partial charge is 0.344 e.